The number of hydrogen-bond acceptors (Lipinski definition) is 3. The van der Waals surface area contributed by atoms with Crippen LogP contribution in [0.3, 0.4) is 0 Å². The number of nitrogens with zero attached hydrogens (tertiary/aromatic N) is 1. The van der Waals surface area contributed by atoms with E-state index >= 15 is 0 Å². The number of amides is 2. The first-order valence-electron chi connectivity index (χ1n) is 8.27. The van der Waals surface area contributed by atoms with Crippen LogP contribution in [0.4, 0.5) is 0 Å². The molecule has 1 aromatic carbocycles. The van der Waals surface area contributed by atoms with Gasteiger partial charge in [0.15, 0.2) is 0 Å². The fourth-order valence-electron chi connectivity index (χ4n) is 2.82. The number of nitrogens with one attached hydrogen (secondary N) is 2. The van der Waals surface area contributed by atoms with Gasteiger partial charge in [-0.05, 0) is 29.5 Å². The van der Waals surface area contributed by atoms with Crippen molar-refractivity contribution in [1.29, 1.82) is 0 Å². The van der Waals surface area contributed by atoms with Gasteiger partial charge in [0.2, 0.25) is 5.91 Å². The number of benzene rings is 1. The van der Waals surface area contributed by atoms with Gasteiger partial charge in [0, 0.05) is 43.7 Å². The molecule has 130 valence electrons. The number of aromatic amines is 1. The Bertz CT molecular complexity index is 855. The van der Waals surface area contributed by atoms with Crippen LogP contribution in [-0.4, -0.2) is 41.3 Å². The van der Waals surface area contributed by atoms with Gasteiger partial charge in [0.05, 0.1) is 4.88 Å². The molecule has 6 heteroatoms. The summed E-state index contributed by atoms with van der Waals surface area (Å²) in [5.41, 5.74) is 2.31. The summed E-state index contributed by atoms with van der Waals surface area (Å²) in [5, 5.41) is 5.93. The molecule has 3 aromatic rings. The van der Waals surface area contributed by atoms with Gasteiger partial charge in [-0.25, -0.2) is 0 Å². The summed E-state index contributed by atoms with van der Waals surface area (Å²) in [6, 6.07) is 11.8. The topological polar surface area (TPSA) is 65.2 Å². The number of fused-ring (bicyclic) bond motifs is 1. The standard InChI is InChI=1S/C19H21N3O2S/c1-14(23)22(11-9-20-19(24)18-7-4-12-25-18)10-8-15-13-21-17-6-3-2-5-16(15)17/h2-7,12-13,21H,8-11H2,1H3,(H,20,24). The van der Waals surface area contributed by atoms with Crippen LogP contribution < -0.4 is 5.32 Å². The third-order valence-corrected chi connectivity index (χ3v) is 5.05. The van der Waals surface area contributed by atoms with Crippen molar-refractivity contribution in [1.82, 2.24) is 15.2 Å². The summed E-state index contributed by atoms with van der Waals surface area (Å²) < 4.78 is 0. The van der Waals surface area contributed by atoms with Gasteiger partial charge in [-0.1, -0.05) is 24.3 Å². The number of rotatable bonds is 7. The van der Waals surface area contributed by atoms with Crippen molar-refractivity contribution in [3.05, 3.63) is 58.4 Å². The van der Waals surface area contributed by atoms with E-state index in [4.69, 9.17) is 0 Å². The molecular weight excluding hydrogens is 334 g/mol. The minimum Gasteiger partial charge on any atom is -0.361 e. The molecule has 0 spiro atoms. The fraction of sp³-hybridized carbons (Fsp3) is 0.263. The van der Waals surface area contributed by atoms with Gasteiger partial charge in [-0.3, -0.25) is 9.59 Å². The first kappa shape index (κ1) is 17.2. The Hall–Kier alpha value is -2.60. The molecule has 0 aliphatic carbocycles. The number of para-hydroxylation sites is 1. The molecule has 0 fully saturated rings. The van der Waals surface area contributed by atoms with Crippen LogP contribution in [-0.2, 0) is 11.2 Å². The third kappa shape index (κ3) is 4.28. The molecule has 0 saturated carbocycles. The van der Waals surface area contributed by atoms with Crippen LogP contribution in [0.1, 0.15) is 22.2 Å². The number of hydrogen-bond donors (Lipinski definition) is 2. The molecule has 25 heavy (non-hydrogen) atoms. The van der Waals surface area contributed by atoms with Gasteiger partial charge in [0.1, 0.15) is 0 Å². The second-order valence-corrected chi connectivity index (χ2v) is 6.80. The smallest absolute Gasteiger partial charge is 0.261 e. The Morgan fingerprint density at radius 1 is 1.16 bits per heavy atom. The van der Waals surface area contributed by atoms with Crippen molar-refractivity contribution >= 4 is 34.1 Å². The monoisotopic (exact) mass is 355 g/mol. The molecule has 2 N–H and O–H groups in total. The van der Waals surface area contributed by atoms with E-state index in [2.05, 4.69) is 16.4 Å². The van der Waals surface area contributed by atoms with Gasteiger partial charge in [-0.15, -0.1) is 11.3 Å². The average molecular weight is 355 g/mol. The van der Waals surface area contributed by atoms with E-state index in [9.17, 15) is 9.59 Å². The zero-order valence-electron chi connectivity index (χ0n) is 14.1. The van der Waals surface area contributed by atoms with Crippen molar-refractivity contribution in [2.24, 2.45) is 0 Å². The zero-order valence-corrected chi connectivity index (χ0v) is 14.9. The van der Waals surface area contributed by atoms with Crippen molar-refractivity contribution in [2.75, 3.05) is 19.6 Å². The maximum absolute atomic E-state index is 11.9. The highest BCUT2D eigenvalue weighted by Gasteiger charge is 2.12. The molecule has 2 aromatic heterocycles. The van der Waals surface area contributed by atoms with Gasteiger partial charge < -0.3 is 15.2 Å². The highest BCUT2D eigenvalue weighted by Crippen LogP contribution is 2.18. The average Bonchev–Trinajstić information content (AvgIpc) is 3.27. The normalized spacial score (nSPS) is 10.8. The number of carbonyl (C=O) groups is 2. The largest absolute Gasteiger partial charge is 0.361 e. The molecule has 0 aliphatic heterocycles. The predicted molar refractivity (Wildman–Crippen MR) is 101 cm³/mol. The van der Waals surface area contributed by atoms with Crippen LogP contribution in [0.2, 0.25) is 0 Å². The van der Waals surface area contributed by atoms with Crippen LogP contribution >= 0.6 is 11.3 Å². The summed E-state index contributed by atoms with van der Waals surface area (Å²) in [6.45, 7) is 3.15. The molecule has 0 atom stereocenters. The van der Waals surface area contributed by atoms with E-state index in [0.717, 1.165) is 11.9 Å². The van der Waals surface area contributed by atoms with Gasteiger partial charge >= 0.3 is 0 Å². The van der Waals surface area contributed by atoms with Crippen molar-refractivity contribution in [3.8, 4) is 0 Å². The van der Waals surface area contributed by atoms with E-state index in [1.165, 1.54) is 22.3 Å². The molecular formula is C19H21N3O2S. The second kappa shape index (κ2) is 7.98. The van der Waals surface area contributed by atoms with Crippen LogP contribution in [0, 0.1) is 0 Å². The minimum atomic E-state index is -0.0878. The van der Waals surface area contributed by atoms with Crippen LogP contribution in [0.15, 0.2) is 48.0 Å². The maximum Gasteiger partial charge on any atom is 0.261 e. The molecule has 0 bridgehead atoms. The fourth-order valence-corrected chi connectivity index (χ4v) is 3.46. The lowest BCUT2D eigenvalue weighted by molar-refractivity contribution is -0.128. The first-order chi connectivity index (χ1) is 12.1. The molecule has 2 heterocycles. The second-order valence-electron chi connectivity index (χ2n) is 5.85. The number of thiophene rings is 1. The lowest BCUT2D eigenvalue weighted by atomic mass is 10.1. The molecule has 0 saturated heterocycles. The summed E-state index contributed by atoms with van der Waals surface area (Å²) in [4.78, 5) is 29.5. The number of H-pyrrole nitrogens is 1. The first-order valence-corrected chi connectivity index (χ1v) is 9.15. The Morgan fingerprint density at radius 3 is 2.76 bits per heavy atom. The van der Waals surface area contributed by atoms with Gasteiger partial charge in [0.25, 0.3) is 5.91 Å². The molecule has 2 amide bonds. The quantitative estimate of drug-likeness (QED) is 0.684. The highest BCUT2D eigenvalue weighted by atomic mass is 32.1. The highest BCUT2D eigenvalue weighted by molar-refractivity contribution is 7.12. The number of carbonyl (C=O) groups excluding carboxylic acids is 2. The summed E-state index contributed by atoms with van der Waals surface area (Å²) >= 11 is 1.41. The Kier molecular flexibility index (Phi) is 5.50. The molecule has 0 radical (unpaired) electrons. The van der Waals surface area contributed by atoms with Crippen LogP contribution in [0.5, 0.6) is 0 Å². The van der Waals surface area contributed by atoms with Crippen molar-refractivity contribution in [2.45, 2.75) is 13.3 Å². The lowest BCUT2D eigenvalue weighted by Gasteiger charge is -2.21. The van der Waals surface area contributed by atoms with Crippen molar-refractivity contribution in [3.63, 3.8) is 0 Å². The molecule has 0 aliphatic rings. The van der Waals surface area contributed by atoms with Crippen LogP contribution in [0.25, 0.3) is 10.9 Å². The van der Waals surface area contributed by atoms with Gasteiger partial charge in [-0.2, -0.15) is 0 Å². The van der Waals surface area contributed by atoms with Crippen molar-refractivity contribution < 1.29 is 9.59 Å². The molecule has 5 nitrogen and oxygen atoms in total. The predicted octanol–water partition coefficient (Wildman–Crippen LogP) is 3.05. The SMILES string of the molecule is CC(=O)N(CCNC(=O)c1cccs1)CCc1c[nH]c2ccccc12. The third-order valence-electron chi connectivity index (χ3n) is 4.18. The van der Waals surface area contributed by atoms with E-state index in [1.807, 2.05) is 35.8 Å². The Labute approximate surface area is 150 Å². The van der Waals surface area contributed by atoms with E-state index < -0.39 is 0 Å². The van der Waals surface area contributed by atoms with E-state index in [1.54, 1.807) is 17.9 Å². The maximum atomic E-state index is 11.9. The Balaban J connectivity index is 1.53. The molecule has 0 unspecified atom stereocenters. The minimum absolute atomic E-state index is 0.0187. The zero-order chi connectivity index (χ0) is 17.6. The van der Waals surface area contributed by atoms with E-state index in [-0.39, 0.29) is 11.8 Å². The number of aromatic nitrogens is 1. The summed E-state index contributed by atoms with van der Waals surface area (Å²) in [7, 11) is 0. The Morgan fingerprint density at radius 2 is 2.00 bits per heavy atom. The summed E-state index contributed by atoms with van der Waals surface area (Å²) in [6.07, 6.45) is 2.78. The summed E-state index contributed by atoms with van der Waals surface area (Å²) in [5.74, 6) is -0.0691. The van der Waals surface area contributed by atoms with E-state index in [0.29, 0.717) is 24.5 Å². The molecule has 3 rings (SSSR count). The lowest BCUT2D eigenvalue weighted by Crippen LogP contribution is -2.38.